The van der Waals surface area contributed by atoms with Gasteiger partial charge in [0.05, 0.1) is 18.9 Å². The lowest BCUT2D eigenvalue weighted by molar-refractivity contribution is -0.123. The van der Waals surface area contributed by atoms with Gasteiger partial charge in [-0.15, -0.1) is 0 Å². The van der Waals surface area contributed by atoms with Crippen molar-refractivity contribution < 1.29 is 23.5 Å². The molecule has 0 aliphatic heterocycles. The van der Waals surface area contributed by atoms with Gasteiger partial charge in [0.1, 0.15) is 6.04 Å². The Kier molecular flexibility index (Phi) is 7.73. The average molecular weight is 490 g/mol. The summed E-state index contributed by atoms with van der Waals surface area (Å²) in [5.41, 5.74) is 2.25. The van der Waals surface area contributed by atoms with Crippen molar-refractivity contribution in [2.75, 3.05) is 31.0 Å². The van der Waals surface area contributed by atoms with Crippen LogP contribution in [0.5, 0.6) is 0 Å². The van der Waals surface area contributed by atoms with Crippen molar-refractivity contribution in [1.29, 1.82) is 0 Å². The van der Waals surface area contributed by atoms with Gasteiger partial charge in [-0.1, -0.05) is 31.0 Å². The SMILES string of the molecule is COC(=O)c1cccc(N(C(=O)c2ccco2)[C@@H](C(=O)NC2CCCC2)c2ccc(N(C)C)cc2)c1. The van der Waals surface area contributed by atoms with Gasteiger partial charge in [0.15, 0.2) is 5.76 Å². The molecule has 2 aromatic carbocycles. The van der Waals surface area contributed by atoms with Crippen LogP contribution in [-0.2, 0) is 9.53 Å². The normalized spacial score (nSPS) is 14.2. The zero-order chi connectivity index (χ0) is 25.7. The number of nitrogens with one attached hydrogen (secondary N) is 1. The summed E-state index contributed by atoms with van der Waals surface area (Å²) in [6, 6.07) is 16.3. The van der Waals surface area contributed by atoms with Crippen molar-refractivity contribution in [1.82, 2.24) is 5.32 Å². The Morgan fingerprint density at radius 3 is 2.31 bits per heavy atom. The summed E-state index contributed by atoms with van der Waals surface area (Å²) in [6.07, 6.45) is 5.34. The number of furan rings is 1. The summed E-state index contributed by atoms with van der Waals surface area (Å²) < 4.78 is 10.3. The highest BCUT2D eigenvalue weighted by Crippen LogP contribution is 2.32. The van der Waals surface area contributed by atoms with Crippen LogP contribution in [0, 0.1) is 0 Å². The van der Waals surface area contributed by atoms with E-state index < -0.39 is 17.9 Å². The highest BCUT2D eigenvalue weighted by Gasteiger charge is 2.36. The quantitative estimate of drug-likeness (QED) is 0.466. The molecule has 0 bridgehead atoms. The van der Waals surface area contributed by atoms with Crippen LogP contribution in [0.4, 0.5) is 11.4 Å². The average Bonchev–Trinajstić information content (AvgIpc) is 3.61. The number of nitrogens with zero attached hydrogens (tertiary/aromatic N) is 2. The van der Waals surface area contributed by atoms with Crippen molar-refractivity contribution in [3.8, 4) is 0 Å². The number of methoxy groups -OCH3 is 1. The lowest BCUT2D eigenvalue weighted by Crippen LogP contribution is -2.46. The number of carbonyl (C=O) groups excluding carboxylic acids is 3. The molecule has 188 valence electrons. The third-order valence-corrected chi connectivity index (χ3v) is 6.43. The molecular formula is C28H31N3O5. The molecule has 0 radical (unpaired) electrons. The molecule has 0 saturated heterocycles. The third kappa shape index (κ3) is 5.43. The van der Waals surface area contributed by atoms with Gasteiger partial charge in [0, 0.05) is 31.5 Å². The second kappa shape index (κ2) is 11.1. The van der Waals surface area contributed by atoms with E-state index in [1.807, 2.05) is 43.3 Å². The van der Waals surface area contributed by atoms with Crippen molar-refractivity contribution in [2.24, 2.45) is 0 Å². The first-order valence-corrected chi connectivity index (χ1v) is 12.0. The molecule has 0 spiro atoms. The van der Waals surface area contributed by atoms with Crippen LogP contribution in [0.3, 0.4) is 0 Å². The molecule has 1 aliphatic carbocycles. The second-order valence-electron chi connectivity index (χ2n) is 9.07. The van der Waals surface area contributed by atoms with E-state index in [1.54, 1.807) is 36.4 Å². The Hall–Kier alpha value is -4.07. The Morgan fingerprint density at radius 1 is 0.972 bits per heavy atom. The molecule has 1 atom stereocenters. The number of esters is 1. The molecule has 1 saturated carbocycles. The lowest BCUT2D eigenvalue weighted by Gasteiger charge is -2.32. The first-order chi connectivity index (χ1) is 17.4. The molecule has 8 heteroatoms. The number of carbonyl (C=O) groups is 3. The Bertz CT molecular complexity index is 1200. The zero-order valence-electron chi connectivity index (χ0n) is 20.8. The molecule has 4 rings (SSSR count). The number of hydrogen-bond donors (Lipinski definition) is 1. The van der Waals surface area contributed by atoms with E-state index in [0.29, 0.717) is 11.3 Å². The summed E-state index contributed by atoms with van der Waals surface area (Å²) >= 11 is 0. The molecule has 0 unspecified atom stereocenters. The van der Waals surface area contributed by atoms with E-state index >= 15 is 0 Å². The van der Waals surface area contributed by atoms with Crippen LogP contribution in [0.1, 0.15) is 58.2 Å². The van der Waals surface area contributed by atoms with Crippen molar-refractivity contribution in [3.05, 3.63) is 83.8 Å². The fraction of sp³-hybridized carbons (Fsp3) is 0.321. The predicted octanol–water partition coefficient (Wildman–Crippen LogP) is 4.58. The minimum Gasteiger partial charge on any atom is -0.465 e. The monoisotopic (exact) mass is 489 g/mol. The molecule has 2 amide bonds. The summed E-state index contributed by atoms with van der Waals surface area (Å²) in [6.45, 7) is 0. The Morgan fingerprint density at radius 2 is 1.69 bits per heavy atom. The van der Waals surface area contributed by atoms with Crippen LogP contribution < -0.4 is 15.1 Å². The first kappa shape index (κ1) is 25.0. The number of amides is 2. The maximum atomic E-state index is 13.8. The Labute approximate surface area is 210 Å². The van der Waals surface area contributed by atoms with Crippen LogP contribution in [0.2, 0.25) is 0 Å². The van der Waals surface area contributed by atoms with E-state index in [1.165, 1.54) is 18.3 Å². The van der Waals surface area contributed by atoms with E-state index in [2.05, 4.69) is 5.32 Å². The largest absolute Gasteiger partial charge is 0.465 e. The fourth-order valence-corrected chi connectivity index (χ4v) is 4.53. The number of rotatable bonds is 8. The molecule has 3 aromatic rings. The molecule has 1 aliphatic rings. The van der Waals surface area contributed by atoms with Crippen LogP contribution in [0.25, 0.3) is 0 Å². The molecule has 1 fully saturated rings. The molecule has 36 heavy (non-hydrogen) atoms. The van der Waals surface area contributed by atoms with Gasteiger partial charge in [-0.25, -0.2) is 4.79 Å². The van der Waals surface area contributed by atoms with E-state index in [0.717, 1.165) is 31.4 Å². The van der Waals surface area contributed by atoms with E-state index in [-0.39, 0.29) is 23.3 Å². The summed E-state index contributed by atoms with van der Waals surface area (Å²) in [5, 5.41) is 3.15. The van der Waals surface area contributed by atoms with Gasteiger partial charge in [-0.3, -0.25) is 14.5 Å². The topological polar surface area (TPSA) is 92.1 Å². The highest BCUT2D eigenvalue weighted by molar-refractivity contribution is 6.09. The lowest BCUT2D eigenvalue weighted by atomic mass is 10.0. The van der Waals surface area contributed by atoms with E-state index in [4.69, 9.17) is 9.15 Å². The minimum atomic E-state index is -0.993. The van der Waals surface area contributed by atoms with Crippen molar-refractivity contribution in [3.63, 3.8) is 0 Å². The molecule has 1 N–H and O–H groups in total. The first-order valence-electron chi connectivity index (χ1n) is 12.0. The maximum Gasteiger partial charge on any atom is 0.337 e. The van der Waals surface area contributed by atoms with Crippen LogP contribution in [-0.4, -0.2) is 45.0 Å². The maximum absolute atomic E-state index is 13.8. The van der Waals surface area contributed by atoms with Gasteiger partial charge >= 0.3 is 5.97 Å². The third-order valence-electron chi connectivity index (χ3n) is 6.43. The minimum absolute atomic E-state index is 0.0583. The fourth-order valence-electron chi connectivity index (χ4n) is 4.53. The summed E-state index contributed by atoms with van der Waals surface area (Å²) in [7, 11) is 5.17. The standard InChI is InChI=1S/C28H31N3O5/c1-30(2)22-15-13-19(14-16-22)25(26(32)29-21-9-4-5-10-21)31(27(33)24-12-7-17-36-24)23-11-6-8-20(18-23)28(34)35-3/h6-8,11-18,21,25H,4-5,9-10H2,1-3H3,(H,29,32)/t25-/m1/s1. The summed E-state index contributed by atoms with van der Waals surface area (Å²) in [4.78, 5) is 43.3. The number of benzene rings is 2. The van der Waals surface area contributed by atoms with E-state index in [9.17, 15) is 14.4 Å². The van der Waals surface area contributed by atoms with Gasteiger partial charge in [-0.05, 0) is 60.9 Å². The van der Waals surface area contributed by atoms with Crippen molar-refractivity contribution >= 4 is 29.2 Å². The van der Waals surface area contributed by atoms with Crippen LogP contribution in [0.15, 0.2) is 71.3 Å². The molecule has 1 aromatic heterocycles. The smallest absolute Gasteiger partial charge is 0.337 e. The highest BCUT2D eigenvalue weighted by atomic mass is 16.5. The number of anilines is 2. The van der Waals surface area contributed by atoms with Crippen LogP contribution >= 0.6 is 0 Å². The predicted molar refractivity (Wildman–Crippen MR) is 137 cm³/mol. The Balaban J connectivity index is 1.83. The molecular weight excluding hydrogens is 458 g/mol. The van der Waals surface area contributed by atoms with Gasteiger partial charge < -0.3 is 19.4 Å². The zero-order valence-corrected chi connectivity index (χ0v) is 20.8. The number of ether oxygens (including phenoxy) is 1. The second-order valence-corrected chi connectivity index (χ2v) is 9.07. The molecule has 1 heterocycles. The van der Waals surface area contributed by atoms with Gasteiger partial charge in [0.25, 0.3) is 5.91 Å². The van der Waals surface area contributed by atoms with Crippen molar-refractivity contribution in [2.45, 2.75) is 37.8 Å². The number of hydrogen-bond acceptors (Lipinski definition) is 6. The summed E-state index contributed by atoms with van der Waals surface area (Å²) in [5.74, 6) is -1.24. The molecule has 8 nitrogen and oxygen atoms in total. The van der Waals surface area contributed by atoms with Gasteiger partial charge in [0.2, 0.25) is 5.91 Å². The van der Waals surface area contributed by atoms with Gasteiger partial charge in [-0.2, -0.15) is 0 Å².